The lowest BCUT2D eigenvalue weighted by Crippen LogP contribution is -2.05. The van der Waals surface area contributed by atoms with Gasteiger partial charge in [-0.05, 0) is 6.07 Å². The van der Waals surface area contributed by atoms with Crippen LogP contribution in [0.4, 0.5) is 14.5 Å². The molecule has 17 heavy (non-hydrogen) atoms. The van der Waals surface area contributed by atoms with Gasteiger partial charge in [0.15, 0.2) is 0 Å². The molecule has 0 amide bonds. The van der Waals surface area contributed by atoms with E-state index < -0.39 is 39.7 Å². The Kier molecular flexibility index (Phi) is 3.33. The molecule has 88 valence electrons. The Morgan fingerprint density at radius 3 is 2.47 bits per heavy atom. The quantitative estimate of drug-likeness (QED) is 0.645. The molecule has 1 aromatic rings. The minimum Gasteiger partial charge on any atom is -0.478 e. The maximum atomic E-state index is 12.5. The van der Waals surface area contributed by atoms with Crippen LogP contribution in [0.15, 0.2) is 12.1 Å². The molecular weight excluding hydrogens is 238 g/mol. The highest BCUT2D eigenvalue weighted by Gasteiger charge is 2.26. The molecule has 0 saturated heterocycles. The highest BCUT2D eigenvalue weighted by Crippen LogP contribution is 2.31. The van der Waals surface area contributed by atoms with E-state index in [1.807, 2.05) is 0 Å². The second kappa shape index (κ2) is 4.52. The lowest BCUT2D eigenvalue weighted by atomic mass is 10.0. The van der Waals surface area contributed by atoms with Gasteiger partial charge in [0.25, 0.3) is 12.1 Å². The number of hydrogen-bond donors (Lipinski definition) is 1. The number of nitrogens with zero attached hydrogens (tertiary/aromatic N) is 2. The van der Waals surface area contributed by atoms with Crippen LogP contribution in [0.3, 0.4) is 0 Å². The van der Waals surface area contributed by atoms with Crippen molar-refractivity contribution < 1.29 is 23.6 Å². The number of benzene rings is 1. The molecule has 1 N–H and O–H groups in total. The van der Waals surface area contributed by atoms with Crippen LogP contribution in [0.5, 0.6) is 0 Å². The number of nitro benzene ring substituents is 1. The van der Waals surface area contributed by atoms with Crippen LogP contribution in [-0.2, 0) is 0 Å². The molecule has 0 aliphatic carbocycles. The van der Waals surface area contributed by atoms with Crippen molar-refractivity contribution in [3.63, 3.8) is 0 Å². The summed E-state index contributed by atoms with van der Waals surface area (Å²) in [4.78, 5) is 20.1. The zero-order chi connectivity index (χ0) is 13.2. The summed E-state index contributed by atoms with van der Waals surface area (Å²) in [7, 11) is 0. The van der Waals surface area contributed by atoms with Gasteiger partial charge in [0, 0.05) is 6.07 Å². The van der Waals surface area contributed by atoms with Crippen LogP contribution >= 0.6 is 0 Å². The van der Waals surface area contributed by atoms with E-state index >= 15 is 0 Å². The molecule has 0 fully saturated rings. The fraction of sp³-hybridized carbons (Fsp3) is 0.111. The number of carbonyl (C=O) groups is 1. The third-order valence-electron chi connectivity index (χ3n) is 1.95. The number of rotatable bonds is 3. The fourth-order valence-electron chi connectivity index (χ4n) is 1.21. The van der Waals surface area contributed by atoms with Crippen molar-refractivity contribution >= 4 is 11.7 Å². The van der Waals surface area contributed by atoms with E-state index in [-0.39, 0.29) is 0 Å². The second-order valence-electron chi connectivity index (χ2n) is 2.93. The molecule has 0 radical (unpaired) electrons. The molecule has 0 aromatic heterocycles. The first kappa shape index (κ1) is 12.5. The van der Waals surface area contributed by atoms with Crippen molar-refractivity contribution in [2.75, 3.05) is 0 Å². The summed E-state index contributed by atoms with van der Waals surface area (Å²) in [5, 5.41) is 27.7. The number of halogens is 2. The highest BCUT2D eigenvalue weighted by atomic mass is 19.3. The third kappa shape index (κ3) is 2.34. The maximum Gasteiger partial charge on any atom is 0.337 e. The third-order valence-corrected chi connectivity index (χ3v) is 1.95. The summed E-state index contributed by atoms with van der Waals surface area (Å²) in [5.41, 5.74) is -3.21. The summed E-state index contributed by atoms with van der Waals surface area (Å²) in [5.74, 6) is -1.60. The van der Waals surface area contributed by atoms with Gasteiger partial charge in [0.1, 0.15) is 6.07 Å². The molecule has 0 heterocycles. The molecule has 8 heteroatoms. The minimum absolute atomic E-state index is 0.448. The molecule has 0 spiro atoms. The minimum atomic E-state index is -3.19. The van der Waals surface area contributed by atoms with Crippen molar-refractivity contribution in [1.29, 1.82) is 5.26 Å². The number of hydrogen-bond acceptors (Lipinski definition) is 4. The number of carboxylic acids is 1. The number of carboxylic acid groups (broad SMARTS) is 1. The topological polar surface area (TPSA) is 104 Å². The smallest absolute Gasteiger partial charge is 0.337 e. The van der Waals surface area contributed by atoms with Gasteiger partial charge in [-0.3, -0.25) is 10.1 Å². The average Bonchev–Trinajstić information content (AvgIpc) is 2.26. The van der Waals surface area contributed by atoms with Gasteiger partial charge in [-0.1, -0.05) is 0 Å². The van der Waals surface area contributed by atoms with E-state index in [1.165, 1.54) is 6.07 Å². The molecule has 1 aromatic carbocycles. The SMILES string of the molecule is N#Cc1cc([N+](=O)[O-])c(C(F)F)cc1C(=O)O. The number of nitriles is 1. The van der Waals surface area contributed by atoms with Crippen LogP contribution in [0.1, 0.15) is 27.9 Å². The predicted octanol–water partition coefficient (Wildman–Crippen LogP) is 2.10. The van der Waals surface area contributed by atoms with E-state index in [0.29, 0.717) is 12.1 Å². The molecular formula is C9H4F2N2O4. The molecule has 0 aliphatic rings. The number of aromatic carboxylic acids is 1. The van der Waals surface area contributed by atoms with Gasteiger partial charge in [0.05, 0.1) is 21.6 Å². The Morgan fingerprint density at radius 1 is 1.53 bits per heavy atom. The van der Waals surface area contributed by atoms with E-state index in [1.54, 1.807) is 0 Å². The Bertz CT molecular complexity index is 537. The van der Waals surface area contributed by atoms with Gasteiger partial charge >= 0.3 is 5.97 Å². The van der Waals surface area contributed by atoms with Crippen LogP contribution in [-0.4, -0.2) is 16.0 Å². The normalized spacial score (nSPS) is 10.0. The standard InChI is InChI=1S/C9H4F2N2O4/c10-8(11)6-2-5(9(14)15)4(3-12)1-7(6)13(16)17/h1-2,8H,(H,14,15). The fourth-order valence-corrected chi connectivity index (χ4v) is 1.21. The summed E-state index contributed by atoms with van der Waals surface area (Å²) in [6, 6.07) is 2.39. The monoisotopic (exact) mass is 242 g/mol. The number of alkyl halides is 2. The molecule has 1 rings (SSSR count). The molecule has 0 unspecified atom stereocenters. The Morgan fingerprint density at radius 2 is 2.12 bits per heavy atom. The van der Waals surface area contributed by atoms with Gasteiger partial charge in [-0.25, -0.2) is 13.6 Å². The van der Waals surface area contributed by atoms with Gasteiger partial charge in [0.2, 0.25) is 0 Å². The predicted molar refractivity (Wildman–Crippen MR) is 49.7 cm³/mol. The van der Waals surface area contributed by atoms with Gasteiger partial charge in [-0.15, -0.1) is 0 Å². The average molecular weight is 242 g/mol. The Labute approximate surface area is 92.9 Å². The van der Waals surface area contributed by atoms with Crippen LogP contribution in [0, 0.1) is 21.4 Å². The molecule has 0 bridgehead atoms. The van der Waals surface area contributed by atoms with Gasteiger partial charge < -0.3 is 5.11 Å². The maximum absolute atomic E-state index is 12.5. The van der Waals surface area contributed by atoms with Crippen molar-refractivity contribution in [2.24, 2.45) is 0 Å². The van der Waals surface area contributed by atoms with Crippen molar-refractivity contribution in [2.45, 2.75) is 6.43 Å². The number of nitro groups is 1. The van der Waals surface area contributed by atoms with E-state index in [0.717, 1.165) is 0 Å². The summed E-state index contributed by atoms with van der Waals surface area (Å²) < 4.78 is 25.0. The second-order valence-corrected chi connectivity index (χ2v) is 2.93. The first-order valence-corrected chi connectivity index (χ1v) is 4.12. The van der Waals surface area contributed by atoms with Crippen molar-refractivity contribution in [1.82, 2.24) is 0 Å². The van der Waals surface area contributed by atoms with E-state index in [2.05, 4.69) is 0 Å². The molecule has 6 nitrogen and oxygen atoms in total. The van der Waals surface area contributed by atoms with Crippen LogP contribution < -0.4 is 0 Å². The zero-order valence-electron chi connectivity index (χ0n) is 8.05. The van der Waals surface area contributed by atoms with E-state index in [9.17, 15) is 23.7 Å². The van der Waals surface area contributed by atoms with Crippen LogP contribution in [0.2, 0.25) is 0 Å². The Balaban J connectivity index is 3.61. The lowest BCUT2D eigenvalue weighted by Gasteiger charge is -2.04. The summed E-state index contributed by atoms with van der Waals surface area (Å²) >= 11 is 0. The lowest BCUT2D eigenvalue weighted by molar-refractivity contribution is -0.386. The van der Waals surface area contributed by atoms with Crippen molar-refractivity contribution in [3.05, 3.63) is 38.9 Å². The zero-order valence-corrected chi connectivity index (χ0v) is 8.05. The van der Waals surface area contributed by atoms with E-state index in [4.69, 9.17) is 10.4 Å². The van der Waals surface area contributed by atoms with Crippen molar-refractivity contribution in [3.8, 4) is 6.07 Å². The molecule has 0 saturated carbocycles. The first-order chi connectivity index (χ1) is 7.88. The summed E-state index contributed by atoms with van der Waals surface area (Å²) in [6.45, 7) is 0. The largest absolute Gasteiger partial charge is 0.478 e. The van der Waals surface area contributed by atoms with Gasteiger partial charge in [-0.2, -0.15) is 5.26 Å². The van der Waals surface area contributed by atoms with Crippen LogP contribution in [0.25, 0.3) is 0 Å². The first-order valence-electron chi connectivity index (χ1n) is 4.12. The summed E-state index contributed by atoms with van der Waals surface area (Å²) in [6.07, 6.45) is -3.19. The molecule has 0 atom stereocenters. The highest BCUT2D eigenvalue weighted by molar-refractivity contribution is 5.91. The Hall–Kier alpha value is -2.56. The molecule has 0 aliphatic heterocycles.